The molecule has 1 aliphatic rings. The Morgan fingerprint density at radius 2 is 2.03 bits per heavy atom. The Hall–Kier alpha value is -3.47. The Labute approximate surface area is 211 Å². The largest absolute Gasteiger partial charge is 0.370 e. The molecule has 3 aromatic heterocycles. The number of amides is 1. The molecule has 1 aliphatic heterocycles. The molecule has 0 bridgehead atoms. The Kier molecular flexibility index (Phi) is 7.03. The van der Waals surface area contributed by atoms with Crippen LogP contribution in [0, 0.1) is 12.8 Å². The molecule has 10 nitrogen and oxygen atoms in total. The fraction of sp³-hybridized carbons (Fsp3) is 0.440. The van der Waals surface area contributed by atoms with Gasteiger partial charge in [0.1, 0.15) is 17.2 Å². The van der Waals surface area contributed by atoms with Crippen molar-refractivity contribution in [3.63, 3.8) is 0 Å². The number of aromatic nitrogens is 4. The highest BCUT2D eigenvalue weighted by molar-refractivity contribution is 7.91. The molecule has 0 aromatic carbocycles. The lowest BCUT2D eigenvalue weighted by atomic mass is 9.97. The van der Waals surface area contributed by atoms with Gasteiger partial charge < -0.3 is 16.0 Å². The zero-order chi connectivity index (χ0) is 26.1. The van der Waals surface area contributed by atoms with Gasteiger partial charge >= 0.3 is 0 Å². The molecule has 1 amide bonds. The summed E-state index contributed by atoms with van der Waals surface area (Å²) in [6.07, 6.45) is 5.00. The summed E-state index contributed by atoms with van der Waals surface area (Å²) < 4.78 is 29.2. The molecule has 0 radical (unpaired) electrons. The van der Waals surface area contributed by atoms with Crippen molar-refractivity contribution in [2.24, 2.45) is 11.7 Å². The van der Waals surface area contributed by atoms with Crippen LogP contribution in [0.1, 0.15) is 49.7 Å². The van der Waals surface area contributed by atoms with Crippen molar-refractivity contribution in [1.29, 1.82) is 0 Å². The monoisotopic (exact) mass is 511 g/mol. The molecule has 11 heteroatoms. The number of anilines is 2. The second kappa shape index (κ2) is 9.88. The summed E-state index contributed by atoms with van der Waals surface area (Å²) in [6, 6.07) is 8.01. The van der Waals surface area contributed by atoms with Crippen molar-refractivity contribution < 1.29 is 13.2 Å². The zero-order valence-corrected chi connectivity index (χ0v) is 21.9. The van der Waals surface area contributed by atoms with Gasteiger partial charge in [0.25, 0.3) is 5.91 Å². The van der Waals surface area contributed by atoms with Gasteiger partial charge in [-0.05, 0) is 63.8 Å². The summed E-state index contributed by atoms with van der Waals surface area (Å²) in [6.45, 7) is 10.1. The smallest absolute Gasteiger partial charge is 0.253 e. The Morgan fingerprint density at radius 3 is 2.67 bits per heavy atom. The first kappa shape index (κ1) is 25.6. The molecule has 1 saturated heterocycles. The first-order valence-electron chi connectivity index (χ1n) is 12.0. The SMILES string of the molecule is Cc1ccn(CCCNc2cccc(S(=O)(=O)c3ccnc(N4CC(C)CC4(C)C)c3C(N)=O)n2)n1. The second-order valence-electron chi connectivity index (χ2n) is 9.97. The van der Waals surface area contributed by atoms with Crippen molar-refractivity contribution >= 4 is 27.4 Å². The molecule has 0 saturated carbocycles. The van der Waals surface area contributed by atoms with Crippen LogP contribution in [0.2, 0.25) is 0 Å². The third kappa shape index (κ3) is 5.20. The van der Waals surface area contributed by atoms with E-state index in [1.807, 2.05) is 42.6 Å². The van der Waals surface area contributed by atoms with Gasteiger partial charge in [0, 0.05) is 37.6 Å². The van der Waals surface area contributed by atoms with Crippen molar-refractivity contribution in [3.05, 3.63) is 54.0 Å². The lowest BCUT2D eigenvalue weighted by Gasteiger charge is -2.33. The molecule has 3 aromatic rings. The van der Waals surface area contributed by atoms with Gasteiger partial charge in [0.2, 0.25) is 9.84 Å². The predicted molar refractivity (Wildman–Crippen MR) is 138 cm³/mol. The fourth-order valence-electron chi connectivity index (χ4n) is 4.87. The number of hydrogen-bond donors (Lipinski definition) is 2. The minimum absolute atomic E-state index is 0.102. The van der Waals surface area contributed by atoms with E-state index in [0.717, 1.165) is 25.1 Å². The van der Waals surface area contributed by atoms with E-state index in [1.165, 1.54) is 18.3 Å². The topological polar surface area (TPSA) is 136 Å². The van der Waals surface area contributed by atoms with E-state index >= 15 is 0 Å². The van der Waals surface area contributed by atoms with Gasteiger partial charge in [-0.25, -0.2) is 18.4 Å². The van der Waals surface area contributed by atoms with E-state index in [9.17, 15) is 13.2 Å². The number of nitrogens with two attached hydrogens (primary N) is 1. The van der Waals surface area contributed by atoms with Crippen molar-refractivity contribution in [1.82, 2.24) is 19.7 Å². The van der Waals surface area contributed by atoms with Crippen molar-refractivity contribution in [3.8, 4) is 0 Å². The maximum atomic E-state index is 13.7. The summed E-state index contributed by atoms with van der Waals surface area (Å²) in [5, 5.41) is 7.36. The summed E-state index contributed by atoms with van der Waals surface area (Å²) >= 11 is 0. The van der Waals surface area contributed by atoms with Crippen LogP contribution in [0.5, 0.6) is 0 Å². The minimum atomic E-state index is -4.14. The first-order valence-corrected chi connectivity index (χ1v) is 13.5. The summed E-state index contributed by atoms with van der Waals surface area (Å²) in [4.78, 5) is 23.1. The fourth-order valence-corrected chi connectivity index (χ4v) is 6.28. The van der Waals surface area contributed by atoms with Gasteiger partial charge in [0.15, 0.2) is 5.03 Å². The highest BCUT2D eigenvalue weighted by Gasteiger charge is 2.40. The number of primary amides is 1. The average Bonchev–Trinajstić information content (AvgIpc) is 3.36. The molecule has 4 heterocycles. The Morgan fingerprint density at radius 1 is 1.25 bits per heavy atom. The van der Waals surface area contributed by atoms with Crippen LogP contribution in [-0.2, 0) is 16.4 Å². The number of nitrogens with one attached hydrogen (secondary N) is 1. The van der Waals surface area contributed by atoms with E-state index in [4.69, 9.17) is 5.73 Å². The van der Waals surface area contributed by atoms with E-state index in [-0.39, 0.29) is 21.0 Å². The second-order valence-corrected chi connectivity index (χ2v) is 11.8. The minimum Gasteiger partial charge on any atom is -0.370 e. The molecular formula is C25H33N7O3S. The summed E-state index contributed by atoms with van der Waals surface area (Å²) in [5.74, 6) is 0.248. The van der Waals surface area contributed by atoms with Gasteiger partial charge in [-0.1, -0.05) is 13.0 Å². The molecule has 192 valence electrons. The molecule has 1 unspecified atom stereocenters. The van der Waals surface area contributed by atoms with Crippen LogP contribution >= 0.6 is 0 Å². The summed E-state index contributed by atoms with van der Waals surface area (Å²) in [7, 11) is -4.14. The zero-order valence-electron chi connectivity index (χ0n) is 21.1. The quantitative estimate of drug-likeness (QED) is 0.418. The standard InChI is InChI=1S/C25H33N7O3S/c1-17-15-25(3,4)32(16-17)24-22(23(26)33)19(9-12-28-24)36(34,35)21-8-5-7-20(29-21)27-11-6-13-31-14-10-18(2)30-31/h5,7-10,12,14,17H,6,11,13,15-16H2,1-4H3,(H2,26,33)(H,27,29). The predicted octanol–water partition coefficient (Wildman–Crippen LogP) is 3.04. The average molecular weight is 512 g/mol. The molecule has 0 spiro atoms. The number of aryl methyl sites for hydroxylation is 2. The van der Waals surface area contributed by atoms with E-state index in [0.29, 0.717) is 30.6 Å². The maximum absolute atomic E-state index is 13.7. The number of hydrogen-bond acceptors (Lipinski definition) is 8. The van der Waals surface area contributed by atoms with Crippen LogP contribution in [0.4, 0.5) is 11.6 Å². The molecule has 3 N–H and O–H groups in total. The Balaban J connectivity index is 1.60. The highest BCUT2D eigenvalue weighted by Crippen LogP contribution is 2.39. The lowest BCUT2D eigenvalue weighted by molar-refractivity contribution is 0.0997. The van der Waals surface area contributed by atoms with E-state index < -0.39 is 15.7 Å². The third-order valence-corrected chi connectivity index (χ3v) is 8.10. The van der Waals surface area contributed by atoms with Crippen molar-refractivity contribution in [2.75, 3.05) is 23.3 Å². The first-order chi connectivity index (χ1) is 17.0. The molecule has 1 fully saturated rings. The van der Waals surface area contributed by atoms with E-state index in [2.05, 4.69) is 27.3 Å². The van der Waals surface area contributed by atoms with Crippen molar-refractivity contribution in [2.45, 2.75) is 62.5 Å². The molecule has 36 heavy (non-hydrogen) atoms. The molecular weight excluding hydrogens is 478 g/mol. The number of sulfone groups is 1. The molecule has 1 atom stereocenters. The van der Waals surface area contributed by atoms with Crippen LogP contribution in [0.3, 0.4) is 0 Å². The maximum Gasteiger partial charge on any atom is 0.253 e. The number of carbonyl (C=O) groups excluding carboxylic acids is 1. The molecule has 0 aliphatic carbocycles. The number of carbonyl (C=O) groups is 1. The van der Waals surface area contributed by atoms with Gasteiger partial charge in [-0.2, -0.15) is 5.10 Å². The van der Waals surface area contributed by atoms with Crippen LogP contribution in [0.25, 0.3) is 0 Å². The van der Waals surface area contributed by atoms with Crippen LogP contribution in [0.15, 0.2) is 52.6 Å². The highest BCUT2D eigenvalue weighted by atomic mass is 32.2. The Bertz CT molecular complexity index is 1370. The number of rotatable bonds is 9. The van der Waals surface area contributed by atoms with Crippen LogP contribution in [-0.4, -0.2) is 52.7 Å². The van der Waals surface area contributed by atoms with Gasteiger partial charge in [-0.15, -0.1) is 0 Å². The lowest BCUT2D eigenvalue weighted by Crippen LogP contribution is -2.40. The van der Waals surface area contributed by atoms with E-state index in [1.54, 1.807) is 12.1 Å². The normalized spacial score (nSPS) is 17.3. The van der Waals surface area contributed by atoms with Gasteiger partial charge in [-0.3, -0.25) is 9.48 Å². The number of nitrogens with zero attached hydrogens (tertiary/aromatic N) is 5. The van der Waals surface area contributed by atoms with Gasteiger partial charge in [0.05, 0.1) is 10.6 Å². The number of pyridine rings is 2. The third-order valence-electron chi connectivity index (χ3n) is 6.40. The van der Waals surface area contributed by atoms with Crippen LogP contribution < -0.4 is 16.0 Å². The molecule has 4 rings (SSSR count). The summed E-state index contributed by atoms with van der Waals surface area (Å²) in [5.41, 5.74) is 6.29.